The highest BCUT2D eigenvalue weighted by molar-refractivity contribution is 4.90. The highest BCUT2D eigenvalue weighted by atomic mass is 16.5. The van der Waals surface area contributed by atoms with Crippen LogP contribution in [0.4, 0.5) is 0 Å². The van der Waals surface area contributed by atoms with Crippen molar-refractivity contribution in [3.8, 4) is 0 Å². The Labute approximate surface area is 72.5 Å². The lowest BCUT2D eigenvalue weighted by Crippen LogP contribution is -2.60. The standard InChI is InChI=1S/C8H16N2O2/c1-10-2-6(3-10)9-7-4-12-5-8(7)11/h6-9,11H,2-5H2,1H3. The fourth-order valence-electron chi connectivity index (χ4n) is 1.81. The third-order valence-corrected chi connectivity index (χ3v) is 2.56. The van der Waals surface area contributed by atoms with E-state index in [1.807, 2.05) is 0 Å². The molecule has 2 heterocycles. The molecule has 2 saturated heterocycles. The largest absolute Gasteiger partial charge is 0.389 e. The molecule has 0 aromatic heterocycles. The molecule has 2 N–H and O–H groups in total. The average Bonchev–Trinajstić information content (AvgIpc) is 2.33. The van der Waals surface area contributed by atoms with Gasteiger partial charge < -0.3 is 20.1 Å². The Bertz CT molecular complexity index is 159. The average molecular weight is 172 g/mol. The molecule has 0 spiro atoms. The maximum atomic E-state index is 9.42. The Morgan fingerprint density at radius 1 is 1.42 bits per heavy atom. The van der Waals surface area contributed by atoms with Crippen LogP contribution in [0.25, 0.3) is 0 Å². The molecule has 0 bridgehead atoms. The van der Waals surface area contributed by atoms with Crippen molar-refractivity contribution in [2.24, 2.45) is 0 Å². The van der Waals surface area contributed by atoms with Crippen LogP contribution in [0.3, 0.4) is 0 Å². The number of hydrogen-bond acceptors (Lipinski definition) is 4. The van der Waals surface area contributed by atoms with Gasteiger partial charge in [-0.3, -0.25) is 0 Å². The lowest BCUT2D eigenvalue weighted by molar-refractivity contribution is 0.106. The first-order valence-electron chi connectivity index (χ1n) is 4.46. The molecule has 4 heteroatoms. The van der Waals surface area contributed by atoms with E-state index in [0.717, 1.165) is 13.1 Å². The van der Waals surface area contributed by atoms with Crippen LogP contribution in [-0.4, -0.2) is 61.5 Å². The normalized spacial score (nSPS) is 38.5. The summed E-state index contributed by atoms with van der Waals surface area (Å²) in [5.41, 5.74) is 0. The minimum atomic E-state index is -0.309. The molecule has 0 aromatic rings. The molecule has 2 fully saturated rings. The predicted molar refractivity (Wildman–Crippen MR) is 45.0 cm³/mol. The number of nitrogens with one attached hydrogen (secondary N) is 1. The third kappa shape index (κ3) is 1.61. The Balaban J connectivity index is 1.72. The first-order valence-corrected chi connectivity index (χ1v) is 4.46. The minimum Gasteiger partial charge on any atom is -0.389 e. The summed E-state index contributed by atoms with van der Waals surface area (Å²) in [5.74, 6) is 0. The van der Waals surface area contributed by atoms with Crippen molar-refractivity contribution in [1.82, 2.24) is 10.2 Å². The second kappa shape index (κ2) is 3.30. The fraction of sp³-hybridized carbons (Fsp3) is 1.00. The van der Waals surface area contributed by atoms with Crippen molar-refractivity contribution in [2.75, 3.05) is 33.4 Å². The molecule has 0 amide bonds. The van der Waals surface area contributed by atoms with Gasteiger partial charge in [0.2, 0.25) is 0 Å². The van der Waals surface area contributed by atoms with E-state index >= 15 is 0 Å². The highest BCUT2D eigenvalue weighted by Crippen LogP contribution is 2.10. The molecule has 0 radical (unpaired) electrons. The van der Waals surface area contributed by atoms with Gasteiger partial charge in [-0.25, -0.2) is 0 Å². The molecule has 0 saturated carbocycles. The van der Waals surface area contributed by atoms with Crippen LogP contribution in [0.5, 0.6) is 0 Å². The number of aliphatic hydroxyl groups excluding tert-OH is 1. The molecule has 2 unspecified atom stereocenters. The van der Waals surface area contributed by atoms with Gasteiger partial charge >= 0.3 is 0 Å². The topological polar surface area (TPSA) is 44.7 Å². The molecular formula is C8H16N2O2. The van der Waals surface area contributed by atoms with Crippen molar-refractivity contribution in [3.05, 3.63) is 0 Å². The number of nitrogens with zero attached hydrogens (tertiary/aromatic N) is 1. The van der Waals surface area contributed by atoms with Crippen molar-refractivity contribution in [1.29, 1.82) is 0 Å². The first-order chi connectivity index (χ1) is 5.75. The number of ether oxygens (including phenoxy) is 1. The van der Waals surface area contributed by atoms with Gasteiger partial charge in [-0.2, -0.15) is 0 Å². The molecule has 70 valence electrons. The Kier molecular flexibility index (Phi) is 2.32. The van der Waals surface area contributed by atoms with E-state index in [4.69, 9.17) is 4.74 Å². The zero-order valence-corrected chi connectivity index (χ0v) is 7.36. The molecule has 2 aliphatic rings. The fourth-order valence-corrected chi connectivity index (χ4v) is 1.81. The monoisotopic (exact) mass is 172 g/mol. The van der Waals surface area contributed by atoms with Gasteiger partial charge in [-0.15, -0.1) is 0 Å². The van der Waals surface area contributed by atoms with E-state index in [0.29, 0.717) is 19.3 Å². The number of likely N-dealkylation sites (tertiary alicyclic amines) is 1. The van der Waals surface area contributed by atoms with Crippen LogP contribution in [-0.2, 0) is 4.74 Å². The van der Waals surface area contributed by atoms with Gasteiger partial charge in [0.15, 0.2) is 0 Å². The maximum Gasteiger partial charge on any atom is 0.0948 e. The van der Waals surface area contributed by atoms with Crippen molar-refractivity contribution >= 4 is 0 Å². The van der Waals surface area contributed by atoms with Gasteiger partial charge in [-0.1, -0.05) is 0 Å². The summed E-state index contributed by atoms with van der Waals surface area (Å²) in [5, 5.41) is 12.8. The second-order valence-corrected chi connectivity index (χ2v) is 3.80. The van der Waals surface area contributed by atoms with E-state index in [9.17, 15) is 5.11 Å². The van der Waals surface area contributed by atoms with Crippen LogP contribution in [0.1, 0.15) is 0 Å². The van der Waals surface area contributed by atoms with Crippen molar-refractivity contribution < 1.29 is 9.84 Å². The zero-order chi connectivity index (χ0) is 8.55. The highest BCUT2D eigenvalue weighted by Gasteiger charge is 2.31. The zero-order valence-electron chi connectivity index (χ0n) is 7.36. The summed E-state index contributed by atoms with van der Waals surface area (Å²) in [4.78, 5) is 2.25. The van der Waals surface area contributed by atoms with E-state index in [1.54, 1.807) is 0 Å². The summed E-state index contributed by atoms with van der Waals surface area (Å²) in [6, 6.07) is 0.708. The summed E-state index contributed by atoms with van der Waals surface area (Å²) < 4.78 is 5.14. The number of hydrogen-bond donors (Lipinski definition) is 2. The van der Waals surface area contributed by atoms with Crippen LogP contribution in [0, 0.1) is 0 Å². The smallest absolute Gasteiger partial charge is 0.0948 e. The van der Waals surface area contributed by atoms with Gasteiger partial charge in [0.1, 0.15) is 0 Å². The number of likely N-dealkylation sites (N-methyl/N-ethyl adjacent to an activating group) is 1. The van der Waals surface area contributed by atoms with Crippen LogP contribution >= 0.6 is 0 Å². The van der Waals surface area contributed by atoms with Crippen molar-refractivity contribution in [2.45, 2.75) is 18.2 Å². The van der Waals surface area contributed by atoms with Gasteiger partial charge in [0, 0.05) is 19.1 Å². The second-order valence-electron chi connectivity index (χ2n) is 3.80. The number of rotatable bonds is 2. The predicted octanol–water partition coefficient (Wildman–Crippen LogP) is -1.35. The SMILES string of the molecule is CN1CC(NC2COCC2O)C1. The first kappa shape index (κ1) is 8.44. The quantitative estimate of drug-likeness (QED) is 0.540. The molecule has 0 aromatic carbocycles. The lowest BCUT2D eigenvalue weighted by Gasteiger charge is -2.38. The summed E-state index contributed by atoms with van der Waals surface area (Å²) >= 11 is 0. The Morgan fingerprint density at radius 3 is 2.67 bits per heavy atom. The summed E-state index contributed by atoms with van der Waals surface area (Å²) in [6.45, 7) is 3.31. The molecule has 2 atom stereocenters. The molecular weight excluding hydrogens is 156 g/mol. The lowest BCUT2D eigenvalue weighted by atomic mass is 10.1. The molecule has 12 heavy (non-hydrogen) atoms. The van der Waals surface area contributed by atoms with Crippen LogP contribution < -0.4 is 5.32 Å². The minimum absolute atomic E-state index is 0.156. The van der Waals surface area contributed by atoms with Gasteiger partial charge in [0.25, 0.3) is 0 Å². The summed E-state index contributed by atoms with van der Waals surface area (Å²) in [7, 11) is 2.10. The number of aliphatic hydroxyl groups is 1. The van der Waals surface area contributed by atoms with Crippen LogP contribution in [0.2, 0.25) is 0 Å². The van der Waals surface area contributed by atoms with E-state index in [1.165, 1.54) is 0 Å². The Hall–Kier alpha value is -0.160. The van der Waals surface area contributed by atoms with E-state index in [2.05, 4.69) is 17.3 Å². The Morgan fingerprint density at radius 2 is 2.17 bits per heavy atom. The van der Waals surface area contributed by atoms with Crippen LogP contribution in [0.15, 0.2) is 0 Å². The van der Waals surface area contributed by atoms with Crippen molar-refractivity contribution in [3.63, 3.8) is 0 Å². The molecule has 4 nitrogen and oxygen atoms in total. The third-order valence-electron chi connectivity index (χ3n) is 2.56. The molecule has 0 aliphatic carbocycles. The van der Waals surface area contributed by atoms with E-state index in [-0.39, 0.29) is 12.1 Å². The van der Waals surface area contributed by atoms with Gasteiger partial charge in [-0.05, 0) is 7.05 Å². The van der Waals surface area contributed by atoms with Gasteiger partial charge in [0.05, 0.1) is 25.4 Å². The maximum absolute atomic E-state index is 9.42. The molecule has 2 rings (SSSR count). The van der Waals surface area contributed by atoms with E-state index < -0.39 is 0 Å². The summed E-state index contributed by atoms with van der Waals surface area (Å²) in [6.07, 6.45) is -0.309. The molecule has 2 aliphatic heterocycles.